The average molecular weight is 317 g/mol. The molecule has 6 nitrogen and oxygen atoms in total. The number of amides is 2. The molecule has 3 rings (SSSR count). The van der Waals surface area contributed by atoms with Crippen LogP contribution in [0.1, 0.15) is 33.3 Å². The second kappa shape index (κ2) is 5.76. The molecular weight excluding hydrogens is 302 g/mol. The molecule has 0 spiro atoms. The Morgan fingerprint density at radius 3 is 2.73 bits per heavy atom. The van der Waals surface area contributed by atoms with E-state index in [1.54, 1.807) is 31.4 Å². The molecule has 0 saturated carbocycles. The van der Waals surface area contributed by atoms with E-state index in [1.807, 2.05) is 0 Å². The fourth-order valence-corrected chi connectivity index (χ4v) is 3.50. The van der Waals surface area contributed by atoms with Gasteiger partial charge in [-0.15, -0.1) is 11.3 Å². The van der Waals surface area contributed by atoms with Crippen molar-refractivity contribution in [3.8, 4) is 5.75 Å². The number of benzene rings is 1. The summed E-state index contributed by atoms with van der Waals surface area (Å²) < 4.78 is 5.06. The third kappa shape index (κ3) is 2.67. The van der Waals surface area contributed by atoms with Crippen molar-refractivity contribution in [2.45, 2.75) is 18.8 Å². The van der Waals surface area contributed by atoms with Gasteiger partial charge in [0, 0.05) is 10.4 Å². The van der Waals surface area contributed by atoms with Gasteiger partial charge in [-0.3, -0.25) is 14.9 Å². The highest BCUT2D eigenvalue weighted by Gasteiger charge is 2.31. The minimum atomic E-state index is -0.364. The molecule has 0 bridgehead atoms. The van der Waals surface area contributed by atoms with Crippen molar-refractivity contribution < 1.29 is 14.3 Å². The summed E-state index contributed by atoms with van der Waals surface area (Å²) in [6, 6.07) is 6.81. The van der Waals surface area contributed by atoms with E-state index in [-0.39, 0.29) is 17.7 Å². The summed E-state index contributed by atoms with van der Waals surface area (Å²) in [7, 11) is 1.57. The van der Waals surface area contributed by atoms with Crippen LogP contribution in [-0.4, -0.2) is 23.9 Å². The zero-order chi connectivity index (χ0) is 15.7. The normalized spacial score (nSPS) is 16.1. The van der Waals surface area contributed by atoms with Crippen LogP contribution >= 0.6 is 11.3 Å². The van der Waals surface area contributed by atoms with Crippen LogP contribution in [0.5, 0.6) is 5.75 Å². The lowest BCUT2D eigenvalue weighted by atomic mass is 10.1. The van der Waals surface area contributed by atoms with Gasteiger partial charge in [0.05, 0.1) is 18.7 Å². The minimum absolute atomic E-state index is 0.245. The molecule has 0 radical (unpaired) electrons. The van der Waals surface area contributed by atoms with E-state index >= 15 is 0 Å². The maximum absolute atomic E-state index is 12.2. The summed E-state index contributed by atoms with van der Waals surface area (Å²) in [5.74, 6) is -0.255. The zero-order valence-corrected chi connectivity index (χ0v) is 12.8. The van der Waals surface area contributed by atoms with Gasteiger partial charge in [0.15, 0.2) is 5.13 Å². The maximum atomic E-state index is 12.2. The Morgan fingerprint density at radius 2 is 2.09 bits per heavy atom. The lowest BCUT2D eigenvalue weighted by molar-refractivity contribution is -0.119. The van der Waals surface area contributed by atoms with Crippen molar-refractivity contribution in [3.63, 3.8) is 0 Å². The van der Waals surface area contributed by atoms with Crippen molar-refractivity contribution in [2.24, 2.45) is 5.73 Å². The van der Waals surface area contributed by atoms with E-state index in [2.05, 4.69) is 10.3 Å². The molecule has 0 aliphatic heterocycles. The molecule has 114 valence electrons. The largest absolute Gasteiger partial charge is 0.497 e. The van der Waals surface area contributed by atoms with Gasteiger partial charge in [-0.25, -0.2) is 4.98 Å². The molecule has 7 heteroatoms. The van der Waals surface area contributed by atoms with Gasteiger partial charge < -0.3 is 10.5 Å². The van der Waals surface area contributed by atoms with Crippen LogP contribution in [0.4, 0.5) is 5.13 Å². The molecule has 1 aliphatic carbocycles. The number of nitrogens with zero attached hydrogens (tertiary/aromatic N) is 1. The number of rotatable bonds is 4. The van der Waals surface area contributed by atoms with Crippen LogP contribution in [0, 0.1) is 0 Å². The van der Waals surface area contributed by atoms with Crippen LogP contribution in [0.2, 0.25) is 0 Å². The minimum Gasteiger partial charge on any atom is -0.497 e. The second-order valence-corrected chi connectivity index (χ2v) is 6.09. The number of carbonyl (C=O) groups is 2. The van der Waals surface area contributed by atoms with Crippen LogP contribution in [0.3, 0.4) is 0 Å². The number of methoxy groups -OCH3 is 1. The van der Waals surface area contributed by atoms with Crippen LogP contribution in [0.25, 0.3) is 0 Å². The molecule has 1 unspecified atom stereocenters. The van der Waals surface area contributed by atoms with Gasteiger partial charge in [0.2, 0.25) is 5.91 Å². The van der Waals surface area contributed by atoms with E-state index in [0.29, 0.717) is 28.6 Å². The second-order valence-electron chi connectivity index (χ2n) is 5.00. The summed E-state index contributed by atoms with van der Waals surface area (Å²) in [4.78, 5) is 28.9. The number of aryl methyl sites for hydroxylation is 1. The van der Waals surface area contributed by atoms with Gasteiger partial charge in [0.25, 0.3) is 5.91 Å². The third-order valence-electron chi connectivity index (χ3n) is 3.63. The quantitative estimate of drug-likeness (QED) is 0.900. The zero-order valence-electron chi connectivity index (χ0n) is 12.0. The van der Waals surface area contributed by atoms with E-state index in [1.165, 1.54) is 11.3 Å². The van der Waals surface area contributed by atoms with Gasteiger partial charge in [-0.05, 0) is 37.1 Å². The number of nitrogens with one attached hydrogen (secondary N) is 1. The molecule has 2 aromatic rings. The highest BCUT2D eigenvalue weighted by molar-refractivity contribution is 7.16. The molecule has 22 heavy (non-hydrogen) atoms. The maximum Gasteiger partial charge on any atom is 0.257 e. The Balaban J connectivity index is 1.75. The fraction of sp³-hybridized carbons (Fsp3) is 0.267. The topological polar surface area (TPSA) is 94.3 Å². The number of ether oxygens (including phenoxy) is 1. The predicted octanol–water partition coefficient (Wildman–Crippen LogP) is 1.92. The standard InChI is InChI=1S/C15H15N3O3S/c1-21-9-4-2-8(3-5-9)14(20)18-15-17-12-10(13(16)19)6-7-11(12)22-15/h2-5,10H,6-7H2,1H3,(H2,16,19)(H,17,18,20). The molecule has 3 N–H and O–H groups in total. The first kappa shape index (κ1) is 14.5. The summed E-state index contributed by atoms with van der Waals surface area (Å²) in [6.07, 6.45) is 1.48. The number of carbonyl (C=O) groups excluding carboxylic acids is 2. The van der Waals surface area contributed by atoms with E-state index in [0.717, 1.165) is 11.3 Å². The summed E-state index contributed by atoms with van der Waals surface area (Å²) in [6.45, 7) is 0. The molecule has 1 atom stereocenters. The van der Waals surface area contributed by atoms with Crippen LogP contribution in [-0.2, 0) is 11.2 Å². The Hall–Kier alpha value is -2.41. The van der Waals surface area contributed by atoms with Gasteiger partial charge in [-0.1, -0.05) is 0 Å². The lowest BCUT2D eigenvalue weighted by Gasteiger charge is -2.05. The Kier molecular flexibility index (Phi) is 3.81. The van der Waals surface area contributed by atoms with Gasteiger partial charge in [-0.2, -0.15) is 0 Å². The molecule has 1 aromatic carbocycles. The average Bonchev–Trinajstić information content (AvgIpc) is 3.06. The number of thiazole rings is 1. The number of fused-ring (bicyclic) bond motifs is 1. The van der Waals surface area contributed by atoms with Crippen LogP contribution in [0.15, 0.2) is 24.3 Å². The van der Waals surface area contributed by atoms with E-state index in [9.17, 15) is 9.59 Å². The molecule has 2 amide bonds. The van der Waals surface area contributed by atoms with E-state index in [4.69, 9.17) is 10.5 Å². The summed E-state index contributed by atoms with van der Waals surface area (Å²) in [5, 5.41) is 3.26. The first-order valence-corrected chi connectivity index (χ1v) is 7.64. The number of anilines is 1. The molecule has 1 aromatic heterocycles. The van der Waals surface area contributed by atoms with Crippen molar-refractivity contribution in [1.82, 2.24) is 4.98 Å². The van der Waals surface area contributed by atoms with Crippen molar-refractivity contribution in [2.75, 3.05) is 12.4 Å². The Bertz CT molecular complexity index is 724. The number of primary amides is 1. The van der Waals surface area contributed by atoms with Crippen molar-refractivity contribution in [1.29, 1.82) is 0 Å². The molecular formula is C15H15N3O3S. The Labute approximate surface area is 131 Å². The van der Waals surface area contributed by atoms with Crippen LogP contribution < -0.4 is 15.8 Å². The predicted molar refractivity (Wildman–Crippen MR) is 83.3 cm³/mol. The smallest absolute Gasteiger partial charge is 0.257 e. The van der Waals surface area contributed by atoms with Crippen molar-refractivity contribution >= 4 is 28.3 Å². The van der Waals surface area contributed by atoms with E-state index < -0.39 is 0 Å². The number of nitrogens with two attached hydrogens (primary N) is 1. The summed E-state index contributed by atoms with van der Waals surface area (Å²) in [5.41, 5.74) is 6.59. The Morgan fingerprint density at radius 1 is 1.36 bits per heavy atom. The van der Waals surface area contributed by atoms with Crippen molar-refractivity contribution in [3.05, 3.63) is 40.4 Å². The highest BCUT2D eigenvalue weighted by atomic mass is 32.1. The third-order valence-corrected chi connectivity index (χ3v) is 4.68. The molecule has 0 saturated heterocycles. The lowest BCUT2D eigenvalue weighted by Crippen LogP contribution is -2.20. The monoisotopic (exact) mass is 317 g/mol. The number of aromatic nitrogens is 1. The SMILES string of the molecule is COc1ccc(C(=O)Nc2nc3c(s2)CCC3C(N)=O)cc1. The van der Waals surface area contributed by atoms with Gasteiger partial charge >= 0.3 is 0 Å². The highest BCUT2D eigenvalue weighted by Crippen LogP contribution is 2.38. The summed E-state index contributed by atoms with van der Waals surface area (Å²) >= 11 is 1.40. The first-order valence-electron chi connectivity index (χ1n) is 6.83. The number of hydrogen-bond donors (Lipinski definition) is 2. The molecule has 1 heterocycles. The number of hydrogen-bond acceptors (Lipinski definition) is 5. The fourth-order valence-electron chi connectivity index (χ4n) is 2.47. The first-order chi connectivity index (χ1) is 10.6. The molecule has 0 fully saturated rings. The molecule has 1 aliphatic rings. The van der Waals surface area contributed by atoms with Gasteiger partial charge in [0.1, 0.15) is 5.75 Å².